The summed E-state index contributed by atoms with van der Waals surface area (Å²) in [6, 6.07) is 10.0. The number of hydrogen-bond donors (Lipinski definition) is 0. The minimum absolute atomic E-state index is 0.209. The molecule has 144 valence electrons. The Kier molecular flexibility index (Phi) is 5.11. The Hall–Kier alpha value is -1.67. The molecule has 0 spiro atoms. The van der Waals surface area contributed by atoms with Crippen LogP contribution in [0, 0.1) is 0 Å². The second-order valence-corrected chi connectivity index (χ2v) is 9.07. The number of benzene rings is 2. The molecule has 0 aliphatic carbocycles. The van der Waals surface area contributed by atoms with Gasteiger partial charge in [0.2, 0.25) is 10.0 Å². The summed E-state index contributed by atoms with van der Waals surface area (Å²) < 4.78 is 38.4. The van der Waals surface area contributed by atoms with Crippen molar-refractivity contribution in [2.45, 2.75) is 4.90 Å². The zero-order valence-corrected chi connectivity index (χ0v) is 16.7. The van der Waals surface area contributed by atoms with Gasteiger partial charge in [-0.3, -0.25) is 0 Å². The number of ether oxygens (including phenoxy) is 2. The van der Waals surface area contributed by atoms with Crippen LogP contribution >= 0.6 is 23.2 Å². The predicted octanol–water partition coefficient (Wildman–Crippen LogP) is 3.28. The van der Waals surface area contributed by atoms with Crippen molar-refractivity contribution in [2.24, 2.45) is 0 Å². The lowest BCUT2D eigenvalue weighted by atomic mass is 10.2. The van der Waals surface area contributed by atoms with Crippen LogP contribution in [0.15, 0.2) is 41.3 Å². The monoisotopic (exact) mass is 428 g/mol. The molecule has 0 unspecified atom stereocenters. The minimum Gasteiger partial charge on any atom is -0.486 e. The Morgan fingerprint density at radius 3 is 2.30 bits per heavy atom. The number of hydrogen-bond acceptors (Lipinski definition) is 5. The second-order valence-electron chi connectivity index (χ2n) is 6.29. The highest BCUT2D eigenvalue weighted by atomic mass is 35.5. The van der Waals surface area contributed by atoms with E-state index in [1.165, 1.54) is 10.4 Å². The molecular formula is C18H18Cl2N2O4S. The molecule has 0 atom stereocenters. The lowest BCUT2D eigenvalue weighted by Crippen LogP contribution is -2.48. The van der Waals surface area contributed by atoms with Gasteiger partial charge in [-0.25, -0.2) is 8.42 Å². The number of sulfonamides is 1. The van der Waals surface area contributed by atoms with Crippen LogP contribution in [0.25, 0.3) is 0 Å². The van der Waals surface area contributed by atoms with Crippen LogP contribution < -0.4 is 14.4 Å². The molecule has 2 aromatic carbocycles. The minimum atomic E-state index is -3.61. The van der Waals surface area contributed by atoms with E-state index < -0.39 is 10.0 Å². The first kappa shape index (κ1) is 18.7. The maximum atomic E-state index is 13.0. The zero-order chi connectivity index (χ0) is 19.0. The molecule has 1 saturated heterocycles. The molecule has 0 saturated carbocycles. The third-order valence-corrected chi connectivity index (χ3v) is 7.09. The van der Waals surface area contributed by atoms with Crippen LogP contribution in [0.4, 0.5) is 5.69 Å². The highest BCUT2D eigenvalue weighted by Crippen LogP contribution is 2.34. The number of rotatable bonds is 3. The highest BCUT2D eigenvalue weighted by Gasteiger charge is 2.30. The summed E-state index contributed by atoms with van der Waals surface area (Å²) in [6.45, 7) is 2.66. The molecule has 2 heterocycles. The third-order valence-electron chi connectivity index (χ3n) is 4.64. The molecule has 0 aromatic heterocycles. The van der Waals surface area contributed by atoms with Crippen molar-refractivity contribution in [1.82, 2.24) is 4.31 Å². The van der Waals surface area contributed by atoms with E-state index in [0.29, 0.717) is 60.9 Å². The fourth-order valence-corrected chi connectivity index (χ4v) is 5.07. The van der Waals surface area contributed by atoms with Gasteiger partial charge in [-0.2, -0.15) is 4.31 Å². The molecule has 4 rings (SSSR count). The van der Waals surface area contributed by atoms with Crippen LogP contribution in [0.3, 0.4) is 0 Å². The van der Waals surface area contributed by atoms with Gasteiger partial charge in [-0.1, -0.05) is 23.2 Å². The SMILES string of the molecule is O=S(=O)(c1ccc2c(c1)OCCO2)N1CCN(c2cc(Cl)ccc2Cl)CC1. The van der Waals surface area contributed by atoms with Gasteiger partial charge in [0.25, 0.3) is 0 Å². The number of piperazine rings is 1. The summed E-state index contributed by atoms with van der Waals surface area (Å²) in [4.78, 5) is 2.25. The van der Waals surface area contributed by atoms with Gasteiger partial charge in [-0.05, 0) is 30.3 Å². The van der Waals surface area contributed by atoms with Gasteiger partial charge < -0.3 is 14.4 Å². The number of anilines is 1. The topological polar surface area (TPSA) is 59.1 Å². The average Bonchev–Trinajstić information content (AvgIpc) is 2.69. The largest absolute Gasteiger partial charge is 0.486 e. The lowest BCUT2D eigenvalue weighted by Gasteiger charge is -2.36. The Balaban J connectivity index is 1.51. The third kappa shape index (κ3) is 3.69. The average molecular weight is 429 g/mol. The van der Waals surface area contributed by atoms with Gasteiger partial charge >= 0.3 is 0 Å². The number of halogens is 2. The molecule has 0 amide bonds. The maximum Gasteiger partial charge on any atom is 0.243 e. The summed E-state index contributed by atoms with van der Waals surface area (Å²) in [5.74, 6) is 1.03. The molecule has 2 aliphatic rings. The van der Waals surface area contributed by atoms with Crippen molar-refractivity contribution in [3.8, 4) is 11.5 Å². The van der Waals surface area contributed by atoms with E-state index in [2.05, 4.69) is 0 Å². The first-order valence-corrected chi connectivity index (χ1v) is 10.7. The standard InChI is InChI=1S/C18H18Cl2N2O4S/c19-13-1-3-15(20)16(11-13)21-5-7-22(8-6-21)27(23,24)14-2-4-17-18(12-14)26-10-9-25-17/h1-4,11-12H,5-10H2. The molecule has 2 aliphatic heterocycles. The number of nitrogens with zero attached hydrogens (tertiary/aromatic N) is 2. The summed E-state index contributed by atoms with van der Waals surface area (Å²) in [5.41, 5.74) is 0.820. The smallest absolute Gasteiger partial charge is 0.243 e. The molecule has 6 nitrogen and oxygen atoms in total. The van der Waals surface area contributed by atoms with Gasteiger partial charge in [0.05, 0.1) is 15.6 Å². The van der Waals surface area contributed by atoms with Crippen molar-refractivity contribution in [3.05, 3.63) is 46.4 Å². The van der Waals surface area contributed by atoms with Crippen molar-refractivity contribution in [1.29, 1.82) is 0 Å². The lowest BCUT2D eigenvalue weighted by molar-refractivity contribution is 0.171. The molecule has 0 radical (unpaired) electrons. The van der Waals surface area contributed by atoms with Crippen LogP contribution in [0.1, 0.15) is 0 Å². The molecule has 0 bridgehead atoms. The van der Waals surface area contributed by atoms with Crippen LogP contribution in [-0.2, 0) is 10.0 Å². The van der Waals surface area contributed by atoms with Crippen LogP contribution in [-0.4, -0.2) is 52.1 Å². The van der Waals surface area contributed by atoms with E-state index in [4.69, 9.17) is 32.7 Å². The van der Waals surface area contributed by atoms with Crippen LogP contribution in [0.2, 0.25) is 10.0 Å². The Morgan fingerprint density at radius 2 is 1.56 bits per heavy atom. The Labute approximate surface area is 168 Å². The van der Waals surface area contributed by atoms with E-state index in [9.17, 15) is 8.42 Å². The van der Waals surface area contributed by atoms with Crippen molar-refractivity contribution in [3.63, 3.8) is 0 Å². The zero-order valence-electron chi connectivity index (χ0n) is 14.4. The van der Waals surface area contributed by atoms with Crippen LogP contribution in [0.5, 0.6) is 11.5 Å². The quantitative estimate of drug-likeness (QED) is 0.750. The fourth-order valence-electron chi connectivity index (χ4n) is 3.23. The summed E-state index contributed by atoms with van der Waals surface area (Å²) in [7, 11) is -3.61. The van der Waals surface area contributed by atoms with Crippen molar-refractivity contribution >= 4 is 38.9 Å². The molecule has 27 heavy (non-hydrogen) atoms. The molecular weight excluding hydrogens is 411 g/mol. The molecule has 9 heteroatoms. The van der Waals surface area contributed by atoms with Gasteiger partial charge in [-0.15, -0.1) is 0 Å². The van der Waals surface area contributed by atoms with E-state index in [-0.39, 0.29) is 4.90 Å². The normalized spacial score (nSPS) is 17.8. The first-order valence-electron chi connectivity index (χ1n) is 8.55. The molecule has 0 N–H and O–H groups in total. The van der Waals surface area contributed by atoms with E-state index in [0.717, 1.165) is 5.69 Å². The first-order chi connectivity index (χ1) is 12.9. The Bertz CT molecular complexity index is 960. The van der Waals surface area contributed by atoms with Crippen molar-refractivity contribution in [2.75, 3.05) is 44.3 Å². The van der Waals surface area contributed by atoms with Gasteiger partial charge in [0.1, 0.15) is 13.2 Å². The van der Waals surface area contributed by atoms with Gasteiger partial charge in [0, 0.05) is 37.3 Å². The highest BCUT2D eigenvalue weighted by molar-refractivity contribution is 7.89. The molecule has 2 aromatic rings. The van der Waals surface area contributed by atoms with Crippen molar-refractivity contribution < 1.29 is 17.9 Å². The maximum absolute atomic E-state index is 13.0. The van der Waals surface area contributed by atoms with Gasteiger partial charge in [0.15, 0.2) is 11.5 Å². The van der Waals surface area contributed by atoms with E-state index in [1.54, 1.807) is 30.3 Å². The molecule has 1 fully saturated rings. The fraction of sp³-hybridized carbons (Fsp3) is 0.333. The summed E-state index contributed by atoms with van der Waals surface area (Å²) in [6.07, 6.45) is 0. The second kappa shape index (κ2) is 7.39. The summed E-state index contributed by atoms with van der Waals surface area (Å²) >= 11 is 12.3. The summed E-state index contributed by atoms with van der Waals surface area (Å²) in [5, 5.41) is 1.20. The number of fused-ring (bicyclic) bond motifs is 1. The van der Waals surface area contributed by atoms with E-state index in [1.807, 2.05) is 4.90 Å². The predicted molar refractivity (Wildman–Crippen MR) is 105 cm³/mol. The van der Waals surface area contributed by atoms with E-state index >= 15 is 0 Å². The Morgan fingerprint density at radius 1 is 0.852 bits per heavy atom.